The van der Waals surface area contributed by atoms with Gasteiger partial charge in [0.2, 0.25) is 0 Å². The summed E-state index contributed by atoms with van der Waals surface area (Å²) in [6, 6.07) is 10.2. The van der Waals surface area contributed by atoms with Crippen LogP contribution in [-0.4, -0.2) is 14.6 Å². The van der Waals surface area contributed by atoms with Crippen molar-refractivity contribution in [2.75, 3.05) is 0 Å². The average Bonchev–Trinajstić information content (AvgIpc) is 2.79. The van der Waals surface area contributed by atoms with E-state index in [1.165, 1.54) is 5.56 Å². The molecule has 0 aliphatic rings. The van der Waals surface area contributed by atoms with Gasteiger partial charge in [0.05, 0.1) is 6.20 Å². The Morgan fingerprint density at radius 1 is 1.14 bits per heavy atom. The standard InChI is InChI=1S/C11H9N3/c1-2-4-9(5-3-1)10-8-13-14-7-6-12-11(10)14/h1-8,12H. The van der Waals surface area contributed by atoms with Crippen LogP contribution in [0, 0.1) is 0 Å². The van der Waals surface area contributed by atoms with E-state index in [2.05, 4.69) is 22.2 Å². The van der Waals surface area contributed by atoms with Crippen LogP contribution in [0.1, 0.15) is 0 Å². The van der Waals surface area contributed by atoms with E-state index in [4.69, 9.17) is 0 Å². The molecule has 3 nitrogen and oxygen atoms in total. The number of rotatable bonds is 1. The molecule has 0 fully saturated rings. The van der Waals surface area contributed by atoms with E-state index in [-0.39, 0.29) is 0 Å². The number of aromatic amines is 1. The van der Waals surface area contributed by atoms with Crippen molar-refractivity contribution in [1.29, 1.82) is 0 Å². The molecular formula is C11H9N3. The van der Waals surface area contributed by atoms with Crippen molar-refractivity contribution in [2.45, 2.75) is 0 Å². The van der Waals surface area contributed by atoms with Crippen LogP contribution >= 0.6 is 0 Å². The lowest BCUT2D eigenvalue weighted by atomic mass is 10.1. The van der Waals surface area contributed by atoms with E-state index in [0.29, 0.717) is 0 Å². The molecule has 14 heavy (non-hydrogen) atoms. The highest BCUT2D eigenvalue weighted by molar-refractivity contribution is 5.76. The molecule has 0 radical (unpaired) electrons. The Morgan fingerprint density at radius 2 is 2.00 bits per heavy atom. The second kappa shape index (κ2) is 2.73. The van der Waals surface area contributed by atoms with Crippen LogP contribution in [-0.2, 0) is 0 Å². The topological polar surface area (TPSA) is 33.1 Å². The zero-order valence-corrected chi connectivity index (χ0v) is 7.51. The van der Waals surface area contributed by atoms with E-state index in [1.54, 1.807) is 0 Å². The smallest absolute Gasteiger partial charge is 0.141 e. The predicted octanol–water partition coefficient (Wildman–Crippen LogP) is 2.33. The Bertz CT molecular complexity index is 548. The molecule has 0 saturated carbocycles. The predicted molar refractivity (Wildman–Crippen MR) is 55.0 cm³/mol. The highest BCUT2D eigenvalue weighted by atomic mass is 15.2. The quantitative estimate of drug-likeness (QED) is 0.617. The molecule has 3 rings (SSSR count). The van der Waals surface area contributed by atoms with Crippen LogP contribution in [0.15, 0.2) is 48.9 Å². The molecule has 0 atom stereocenters. The number of hydrogen-bond donors (Lipinski definition) is 1. The van der Waals surface area contributed by atoms with E-state index in [0.717, 1.165) is 11.2 Å². The Balaban J connectivity index is 2.28. The van der Waals surface area contributed by atoms with E-state index >= 15 is 0 Å². The van der Waals surface area contributed by atoms with Gasteiger partial charge in [-0.05, 0) is 5.56 Å². The first-order chi connectivity index (χ1) is 6.95. The van der Waals surface area contributed by atoms with Crippen molar-refractivity contribution in [3.05, 3.63) is 48.9 Å². The number of H-pyrrole nitrogens is 1. The molecule has 68 valence electrons. The fourth-order valence-corrected chi connectivity index (χ4v) is 1.63. The van der Waals surface area contributed by atoms with Crippen molar-refractivity contribution in [3.8, 4) is 11.1 Å². The molecule has 0 bridgehead atoms. The number of nitrogens with one attached hydrogen (secondary N) is 1. The van der Waals surface area contributed by atoms with Gasteiger partial charge in [-0.25, -0.2) is 4.52 Å². The molecule has 0 aliphatic carbocycles. The first kappa shape index (κ1) is 7.38. The van der Waals surface area contributed by atoms with Gasteiger partial charge in [-0.2, -0.15) is 5.10 Å². The van der Waals surface area contributed by atoms with Gasteiger partial charge in [-0.15, -0.1) is 0 Å². The summed E-state index contributed by atoms with van der Waals surface area (Å²) in [4.78, 5) is 3.17. The maximum absolute atomic E-state index is 4.24. The first-order valence-corrected chi connectivity index (χ1v) is 4.51. The van der Waals surface area contributed by atoms with Crippen LogP contribution in [0.2, 0.25) is 0 Å². The minimum Gasteiger partial charge on any atom is -0.345 e. The summed E-state index contributed by atoms with van der Waals surface area (Å²) in [7, 11) is 0. The summed E-state index contributed by atoms with van der Waals surface area (Å²) in [6.45, 7) is 0. The van der Waals surface area contributed by atoms with Crippen molar-refractivity contribution >= 4 is 5.65 Å². The van der Waals surface area contributed by atoms with Gasteiger partial charge in [0.15, 0.2) is 0 Å². The van der Waals surface area contributed by atoms with Crippen molar-refractivity contribution < 1.29 is 0 Å². The fourth-order valence-electron chi connectivity index (χ4n) is 1.63. The maximum Gasteiger partial charge on any atom is 0.141 e. The average molecular weight is 183 g/mol. The van der Waals surface area contributed by atoms with Crippen LogP contribution in [0.5, 0.6) is 0 Å². The third kappa shape index (κ3) is 0.956. The largest absolute Gasteiger partial charge is 0.345 e. The summed E-state index contributed by atoms with van der Waals surface area (Å²) >= 11 is 0. The van der Waals surface area contributed by atoms with E-state index in [1.807, 2.05) is 41.3 Å². The normalized spacial score (nSPS) is 10.9. The zero-order valence-electron chi connectivity index (χ0n) is 7.51. The molecule has 0 amide bonds. The van der Waals surface area contributed by atoms with E-state index in [9.17, 15) is 0 Å². The lowest BCUT2D eigenvalue weighted by Crippen LogP contribution is -1.78. The number of aromatic nitrogens is 3. The number of fused-ring (bicyclic) bond motifs is 1. The molecular weight excluding hydrogens is 174 g/mol. The van der Waals surface area contributed by atoms with Crippen molar-refractivity contribution in [1.82, 2.24) is 14.6 Å². The molecule has 1 N–H and O–H groups in total. The summed E-state index contributed by atoms with van der Waals surface area (Å²) in [5.74, 6) is 0. The lowest BCUT2D eigenvalue weighted by Gasteiger charge is -1.95. The highest BCUT2D eigenvalue weighted by Crippen LogP contribution is 2.22. The van der Waals surface area contributed by atoms with Gasteiger partial charge in [0.25, 0.3) is 0 Å². The van der Waals surface area contributed by atoms with E-state index < -0.39 is 0 Å². The molecule has 1 aromatic carbocycles. The Hall–Kier alpha value is -2.03. The summed E-state index contributed by atoms with van der Waals surface area (Å²) in [5.41, 5.74) is 3.36. The Morgan fingerprint density at radius 3 is 2.86 bits per heavy atom. The fraction of sp³-hybridized carbons (Fsp3) is 0. The van der Waals surface area contributed by atoms with Gasteiger partial charge in [-0.3, -0.25) is 0 Å². The molecule has 2 heterocycles. The summed E-state index contributed by atoms with van der Waals surface area (Å²) in [6.07, 6.45) is 5.66. The monoisotopic (exact) mass is 183 g/mol. The summed E-state index contributed by atoms with van der Waals surface area (Å²) < 4.78 is 1.84. The second-order valence-electron chi connectivity index (χ2n) is 3.18. The number of benzene rings is 1. The van der Waals surface area contributed by atoms with Gasteiger partial charge >= 0.3 is 0 Å². The van der Waals surface area contributed by atoms with Crippen LogP contribution in [0.3, 0.4) is 0 Å². The van der Waals surface area contributed by atoms with Crippen LogP contribution in [0.4, 0.5) is 0 Å². The zero-order chi connectivity index (χ0) is 9.38. The number of imidazole rings is 1. The van der Waals surface area contributed by atoms with Gasteiger partial charge in [0.1, 0.15) is 5.65 Å². The molecule has 0 spiro atoms. The molecule has 3 heteroatoms. The third-order valence-corrected chi connectivity index (χ3v) is 2.32. The second-order valence-corrected chi connectivity index (χ2v) is 3.18. The lowest BCUT2D eigenvalue weighted by molar-refractivity contribution is 0.973. The minimum atomic E-state index is 1.04. The molecule has 0 aliphatic heterocycles. The minimum absolute atomic E-state index is 1.04. The SMILES string of the molecule is c1ccc(-c2cnn3cc[nH]c23)cc1. The highest BCUT2D eigenvalue weighted by Gasteiger charge is 2.05. The van der Waals surface area contributed by atoms with Gasteiger partial charge in [-0.1, -0.05) is 30.3 Å². The van der Waals surface area contributed by atoms with Crippen molar-refractivity contribution in [3.63, 3.8) is 0 Å². The molecule has 2 aromatic heterocycles. The van der Waals surface area contributed by atoms with Crippen LogP contribution in [0.25, 0.3) is 16.8 Å². The molecule has 3 aromatic rings. The summed E-state index contributed by atoms with van der Waals surface area (Å²) in [5, 5.41) is 4.24. The first-order valence-electron chi connectivity index (χ1n) is 4.51. The van der Waals surface area contributed by atoms with Crippen LogP contribution < -0.4 is 0 Å². The third-order valence-electron chi connectivity index (χ3n) is 2.32. The molecule has 0 saturated heterocycles. The van der Waals surface area contributed by atoms with Gasteiger partial charge in [0, 0.05) is 18.0 Å². The maximum atomic E-state index is 4.24. The number of hydrogen-bond acceptors (Lipinski definition) is 1. The van der Waals surface area contributed by atoms with Crippen molar-refractivity contribution in [2.24, 2.45) is 0 Å². The Labute approximate surface area is 81.0 Å². The number of nitrogens with zero attached hydrogens (tertiary/aromatic N) is 2. The molecule has 0 unspecified atom stereocenters. The van der Waals surface area contributed by atoms with Gasteiger partial charge < -0.3 is 4.98 Å². The Kier molecular flexibility index (Phi) is 1.44.